The Morgan fingerprint density at radius 3 is 2.54 bits per heavy atom. The van der Waals surface area contributed by atoms with Gasteiger partial charge < -0.3 is 19.7 Å². The molecule has 2 heterocycles. The summed E-state index contributed by atoms with van der Waals surface area (Å²) in [6.07, 6.45) is 6.85. The third-order valence-corrected chi connectivity index (χ3v) is 7.12. The Morgan fingerprint density at radius 1 is 0.971 bits per heavy atom. The molecular formula is C28H38N4O3. The molecule has 7 heteroatoms. The summed E-state index contributed by atoms with van der Waals surface area (Å²) in [6.45, 7) is 7.18. The van der Waals surface area contributed by atoms with Crippen molar-refractivity contribution in [3.05, 3.63) is 63.1 Å². The van der Waals surface area contributed by atoms with Crippen LogP contribution in [0.1, 0.15) is 66.6 Å². The Kier molecular flexibility index (Phi) is 8.06. The Balaban J connectivity index is 1.73. The van der Waals surface area contributed by atoms with Crippen LogP contribution in [-0.4, -0.2) is 59.8 Å². The number of aryl methyl sites for hydroxylation is 1. The van der Waals surface area contributed by atoms with E-state index in [0.29, 0.717) is 38.2 Å². The number of pyridine rings is 1. The maximum absolute atomic E-state index is 13.9. The SMILES string of the molecule is CC(C)CC(=O)N1CCCN(C)CCN(C(=O)c2c3c(c[nH]c2=O)CCCC3)Cc2ccccc21. The Bertz CT molecular complexity index is 1120. The van der Waals surface area contributed by atoms with Crippen LogP contribution in [0, 0.1) is 5.92 Å². The smallest absolute Gasteiger partial charge is 0.261 e. The van der Waals surface area contributed by atoms with E-state index in [4.69, 9.17) is 0 Å². The van der Waals surface area contributed by atoms with Crippen molar-refractivity contribution in [2.45, 2.75) is 58.9 Å². The van der Waals surface area contributed by atoms with Crippen molar-refractivity contribution >= 4 is 17.5 Å². The van der Waals surface area contributed by atoms with Gasteiger partial charge in [-0.3, -0.25) is 14.4 Å². The summed E-state index contributed by atoms with van der Waals surface area (Å²) in [6, 6.07) is 7.88. The van der Waals surface area contributed by atoms with Gasteiger partial charge in [0.1, 0.15) is 5.56 Å². The summed E-state index contributed by atoms with van der Waals surface area (Å²) in [4.78, 5) is 48.8. The van der Waals surface area contributed by atoms with Crippen molar-refractivity contribution in [3.8, 4) is 0 Å². The van der Waals surface area contributed by atoms with Gasteiger partial charge in [0.2, 0.25) is 5.91 Å². The number of rotatable bonds is 3. The van der Waals surface area contributed by atoms with Crippen LogP contribution >= 0.6 is 0 Å². The first-order valence-corrected chi connectivity index (χ1v) is 12.9. The molecule has 0 saturated carbocycles. The zero-order valence-electron chi connectivity index (χ0n) is 21.3. The Labute approximate surface area is 208 Å². The zero-order valence-corrected chi connectivity index (χ0v) is 21.3. The van der Waals surface area contributed by atoms with Crippen LogP contribution in [0.5, 0.6) is 0 Å². The number of aromatic amines is 1. The molecule has 7 nitrogen and oxygen atoms in total. The molecule has 188 valence electrons. The van der Waals surface area contributed by atoms with Gasteiger partial charge in [0.15, 0.2) is 0 Å². The first-order valence-electron chi connectivity index (χ1n) is 12.9. The van der Waals surface area contributed by atoms with E-state index in [9.17, 15) is 14.4 Å². The highest BCUT2D eigenvalue weighted by atomic mass is 16.2. The highest BCUT2D eigenvalue weighted by Crippen LogP contribution is 2.27. The average molecular weight is 479 g/mol. The summed E-state index contributed by atoms with van der Waals surface area (Å²) in [5, 5.41) is 0. The fraction of sp³-hybridized carbons (Fsp3) is 0.536. The molecule has 1 aromatic carbocycles. The quantitative estimate of drug-likeness (QED) is 0.731. The lowest BCUT2D eigenvalue weighted by atomic mass is 9.89. The van der Waals surface area contributed by atoms with Crippen LogP contribution in [0.15, 0.2) is 35.3 Å². The predicted octanol–water partition coefficient (Wildman–Crippen LogP) is 3.61. The number of fused-ring (bicyclic) bond motifs is 2. The molecule has 0 unspecified atom stereocenters. The summed E-state index contributed by atoms with van der Waals surface area (Å²) >= 11 is 0. The van der Waals surface area contributed by atoms with E-state index in [2.05, 4.69) is 23.7 Å². The molecule has 1 aliphatic carbocycles. The van der Waals surface area contributed by atoms with Gasteiger partial charge >= 0.3 is 0 Å². The number of hydrogen-bond donors (Lipinski definition) is 1. The molecule has 0 atom stereocenters. The Hall–Kier alpha value is -2.93. The number of likely N-dealkylation sites (N-methyl/N-ethyl adjacent to an activating group) is 1. The van der Waals surface area contributed by atoms with Crippen molar-refractivity contribution in [2.24, 2.45) is 5.92 Å². The van der Waals surface area contributed by atoms with E-state index in [1.807, 2.05) is 36.2 Å². The van der Waals surface area contributed by atoms with Gasteiger partial charge in [-0.05, 0) is 74.4 Å². The molecule has 2 amide bonds. The lowest BCUT2D eigenvalue weighted by molar-refractivity contribution is -0.119. The average Bonchev–Trinajstić information content (AvgIpc) is 2.86. The van der Waals surface area contributed by atoms with Gasteiger partial charge in [-0.25, -0.2) is 0 Å². The maximum Gasteiger partial charge on any atom is 0.261 e. The number of anilines is 1. The van der Waals surface area contributed by atoms with Gasteiger partial charge in [-0.15, -0.1) is 0 Å². The zero-order chi connectivity index (χ0) is 24.9. The van der Waals surface area contributed by atoms with E-state index in [0.717, 1.165) is 61.0 Å². The number of amides is 2. The number of carbonyl (C=O) groups excluding carboxylic acids is 2. The molecule has 0 fully saturated rings. The second-order valence-corrected chi connectivity index (χ2v) is 10.4. The van der Waals surface area contributed by atoms with Gasteiger partial charge in [-0.1, -0.05) is 32.0 Å². The fourth-order valence-electron chi connectivity index (χ4n) is 5.23. The number of aromatic nitrogens is 1. The number of benzene rings is 1. The van der Waals surface area contributed by atoms with E-state index < -0.39 is 0 Å². The molecule has 0 radical (unpaired) electrons. The van der Waals surface area contributed by atoms with Gasteiger partial charge in [0.25, 0.3) is 11.5 Å². The summed E-state index contributed by atoms with van der Waals surface area (Å²) in [5.74, 6) is 0.165. The molecule has 2 aromatic rings. The summed E-state index contributed by atoms with van der Waals surface area (Å²) in [5.41, 5.74) is 3.79. The number of H-pyrrole nitrogens is 1. The second kappa shape index (κ2) is 11.2. The van der Waals surface area contributed by atoms with Crippen LogP contribution in [0.2, 0.25) is 0 Å². The minimum atomic E-state index is -0.305. The van der Waals surface area contributed by atoms with Gasteiger partial charge in [0, 0.05) is 44.5 Å². The number of para-hydroxylation sites is 1. The van der Waals surface area contributed by atoms with Crippen molar-refractivity contribution in [1.82, 2.24) is 14.8 Å². The standard InChI is InChI=1S/C28H38N4O3/c1-20(2)17-25(33)32-14-8-13-30(3)15-16-31(19-22-10-5-7-12-24(22)32)28(35)26-23-11-6-4-9-21(23)18-29-27(26)34/h5,7,10,12,18,20H,4,6,8-9,11,13-17,19H2,1-3H3,(H,29,34). The molecule has 1 aliphatic heterocycles. The molecule has 0 bridgehead atoms. The lowest BCUT2D eigenvalue weighted by Gasteiger charge is -2.29. The van der Waals surface area contributed by atoms with Crippen LogP contribution < -0.4 is 10.5 Å². The van der Waals surface area contributed by atoms with Crippen molar-refractivity contribution < 1.29 is 9.59 Å². The molecule has 0 spiro atoms. The minimum absolute atomic E-state index is 0.112. The molecule has 2 aliphatic rings. The van der Waals surface area contributed by atoms with Crippen molar-refractivity contribution in [1.29, 1.82) is 0 Å². The largest absolute Gasteiger partial charge is 0.333 e. The third kappa shape index (κ3) is 5.84. The maximum atomic E-state index is 13.9. The van der Waals surface area contributed by atoms with E-state index in [1.54, 1.807) is 11.1 Å². The molecule has 1 N–H and O–H groups in total. The third-order valence-electron chi connectivity index (χ3n) is 7.12. The van der Waals surface area contributed by atoms with Crippen LogP contribution in [0.4, 0.5) is 5.69 Å². The van der Waals surface area contributed by atoms with Crippen LogP contribution in [0.25, 0.3) is 0 Å². The molecule has 4 rings (SSSR count). The van der Waals surface area contributed by atoms with E-state index >= 15 is 0 Å². The number of nitrogens with one attached hydrogen (secondary N) is 1. The normalized spacial score (nSPS) is 17.5. The summed E-state index contributed by atoms with van der Waals surface area (Å²) in [7, 11) is 2.05. The number of hydrogen-bond acceptors (Lipinski definition) is 4. The topological polar surface area (TPSA) is 76.7 Å². The van der Waals surface area contributed by atoms with Crippen LogP contribution in [0.3, 0.4) is 0 Å². The Morgan fingerprint density at radius 2 is 1.74 bits per heavy atom. The van der Waals surface area contributed by atoms with E-state index in [1.165, 1.54) is 0 Å². The van der Waals surface area contributed by atoms with Gasteiger partial charge in [0.05, 0.1) is 0 Å². The number of nitrogens with zero attached hydrogens (tertiary/aromatic N) is 3. The summed E-state index contributed by atoms with van der Waals surface area (Å²) < 4.78 is 0. The molecule has 1 aromatic heterocycles. The van der Waals surface area contributed by atoms with Crippen LogP contribution in [-0.2, 0) is 24.2 Å². The first kappa shape index (κ1) is 25.2. The molecule has 35 heavy (non-hydrogen) atoms. The van der Waals surface area contributed by atoms with E-state index in [-0.39, 0.29) is 23.3 Å². The first-order chi connectivity index (χ1) is 16.8. The predicted molar refractivity (Wildman–Crippen MR) is 139 cm³/mol. The minimum Gasteiger partial charge on any atom is -0.333 e. The van der Waals surface area contributed by atoms with Crippen molar-refractivity contribution in [3.63, 3.8) is 0 Å². The molecular weight excluding hydrogens is 440 g/mol. The monoisotopic (exact) mass is 478 g/mol. The lowest BCUT2D eigenvalue weighted by Crippen LogP contribution is -2.40. The highest BCUT2D eigenvalue weighted by molar-refractivity contribution is 5.96. The second-order valence-electron chi connectivity index (χ2n) is 10.4. The van der Waals surface area contributed by atoms with Crippen molar-refractivity contribution in [2.75, 3.05) is 38.1 Å². The fourth-order valence-corrected chi connectivity index (χ4v) is 5.23. The molecule has 0 saturated heterocycles. The number of carbonyl (C=O) groups is 2. The van der Waals surface area contributed by atoms with Gasteiger partial charge in [-0.2, -0.15) is 0 Å². The highest BCUT2D eigenvalue weighted by Gasteiger charge is 2.28.